The lowest BCUT2D eigenvalue weighted by atomic mass is 9.86. The van der Waals surface area contributed by atoms with Gasteiger partial charge in [-0.25, -0.2) is 4.79 Å². The average molecular weight is 317 g/mol. The summed E-state index contributed by atoms with van der Waals surface area (Å²) in [5.74, 6) is 0.202. The highest BCUT2D eigenvalue weighted by Gasteiger charge is 2.33. The molecular formula is C18H23NO4. The third-order valence-corrected chi connectivity index (χ3v) is 4.17. The van der Waals surface area contributed by atoms with Crippen molar-refractivity contribution in [3.05, 3.63) is 34.9 Å². The molecule has 1 heterocycles. The molecule has 124 valence electrons. The first-order valence-corrected chi connectivity index (χ1v) is 7.96. The van der Waals surface area contributed by atoms with Crippen molar-refractivity contribution in [3.8, 4) is 5.75 Å². The van der Waals surface area contributed by atoms with E-state index in [0.717, 1.165) is 16.7 Å². The standard InChI is InChI=1S/C18H23NO4/c1-18(2,3)23-17(22)19-10-11(20)8-14-12-6-4-5-7-13(12)16(21)9-15(14)19/h4-5,9,11,20-21H,6-8,10H2,1-3H3. The van der Waals surface area contributed by atoms with E-state index in [-0.39, 0.29) is 12.3 Å². The number of ether oxygens (including phenoxy) is 1. The first kappa shape index (κ1) is 15.9. The number of benzene rings is 1. The summed E-state index contributed by atoms with van der Waals surface area (Å²) in [4.78, 5) is 13.9. The molecule has 2 N–H and O–H groups in total. The largest absolute Gasteiger partial charge is 0.508 e. The molecule has 0 radical (unpaired) electrons. The maximum atomic E-state index is 12.5. The molecule has 0 bridgehead atoms. The van der Waals surface area contributed by atoms with Crippen LogP contribution in [-0.2, 0) is 24.0 Å². The van der Waals surface area contributed by atoms with Gasteiger partial charge in [-0.2, -0.15) is 0 Å². The van der Waals surface area contributed by atoms with Gasteiger partial charge >= 0.3 is 6.09 Å². The molecule has 0 saturated carbocycles. The molecule has 1 atom stereocenters. The fourth-order valence-electron chi connectivity index (χ4n) is 3.24. The molecule has 5 nitrogen and oxygen atoms in total. The maximum absolute atomic E-state index is 12.5. The number of hydrogen-bond acceptors (Lipinski definition) is 4. The lowest BCUT2D eigenvalue weighted by molar-refractivity contribution is 0.0548. The summed E-state index contributed by atoms with van der Waals surface area (Å²) < 4.78 is 5.45. The Balaban J connectivity index is 2.05. The fourth-order valence-corrected chi connectivity index (χ4v) is 3.24. The van der Waals surface area contributed by atoms with Crippen molar-refractivity contribution in [3.63, 3.8) is 0 Å². The van der Waals surface area contributed by atoms with Crippen LogP contribution >= 0.6 is 0 Å². The Labute approximate surface area is 136 Å². The van der Waals surface area contributed by atoms with Gasteiger partial charge in [0, 0.05) is 18.1 Å². The number of aromatic hydroxyl groups is 1. The zero-order chi connectivity index (χ0) is 16.8. The summed E-state index contributed by atoms with van der Waals surface area (Å²) in [7, 11) is 0. The van der Waals surface area contributed by atoms with Gasteiger partial charge in [0.1, 0.15) is 11.4 Å². The smallest absolute Gasteiger partial charge is 0.414 e. The number of amides is 1. The number of carbonyl (C=O) groups is 1. The second-order valence-electron chi connectivity index (χ2n) is 7.18. The van der Waals surface area contributed by atoms with Crippen molar-refractivity contribution < 1.29 is 19.7 Å². The van der Waals surface area contributed by atoms with Crippen LogP contribution in [0.4, 0.5) is 10.5 Å². The van der Waals surface area contributed by atoms with Crippen LogP contribution in [0.5, 0.6) is 5.75 Å². The SMILES string of the molecule is CC(C)(C)OC(=O)N1CC(O)Cc2c1cc(O)c1c2CC=CC1. The summed E-state index contributed by atoms with van der Waals surface area (Å²) in [6.45, 7) is 5.60. The Bertz CT molecular complexity index is 673. The molecule has 2 aliphatic rings. The van der Waals surface area contributed by atoms with E-state index in [1.54, 1.807) is 26.8 Å². The number of nitrogens with zero attached hydrogens (tertiary/aromatic N) is 1. The third kappa shape index (κ3) is 3.06. The van der Waals surface area contributed by atoms with E-state index in [0.29, 0.717) is 24.9 Å². The lowest BCUT2D eigenvalue weighted by Gasteiger charge is -2.36. The molecule has 5 heteroatoms. The highest BCUT2D eigenvalue weighted by atomic mass is 16.6. The predicted octanol–water partition coefficient (Wildman–Crippen LogP) is 2.71. The summed E-state index contributed by atoms with van der Waals surface area (Å²) in [5, 5.41) is 20.5. The predicted molar refractivity (Wildman–Crippen MR) is 87.9 cm³/mol. The minimum atomic E-state index is -0.630. The van der Waals surface area contributed by atoms with E-state index in [9.17, 15) is 15.0 Å². The summed E-state index contributed by atoms with van der Waals surface area (Å²) in [6, 6.07) is 1.63. The van der Waals surface area contributed by atoms with Gasteiger partial charge in [0.25, 0.3) is 0 Å². The first-order valence-electron chi connectivity index (χ1n) is 7.96. The number of anilines is 1. The normalized spacial score (nSPS) is 20.0. The van der Waals surface area contributed by atoms with Crippen LogP contribution in [0.1, 0.15) is 37.5 Å². The van der Waals surface area contributed by atoms with E-state index in [2.05, 4.69) is 6.08 Å². The molecule has 3 rings (SSSR count). The zero-order valence-electron chi connectivity index (χ0n) is 13.8. The number of fused-ring (bicyclic) bond motifs is 3. The lowest BCUT2D eigenvalue weighted by Crippen LogP contribution is -2.45. The third-order valence-electron chi connectivity index (χ3n) is 4.17. The molecule has 1 aromatic rings. The van der Waals surface area contributed by atoms with Gasteiger partial charge in [0.05, 0.1) is 18.3 Å². The van der Waals surface area contributed by atoms with E-state index < -0.39 is 17.8 Å². The van der Waals surface area contributed by atoms with Crippen molar-refractivity contribution in [2.45, 2.75) is 51.7 Å². The maximum Gasteiger partial charge on any atom is 0.414 e. The van der Waals surface area contributed by atoms with Crippen LogP contribution in [0.3, 0.4) is 0 Å². The van der Waals surface area contributed by atoms with Gasteiger partial charge < -0.3 is 14.9 Å². The van der Waals surface area contributed by atoms with Gasteiger partial charge in [0.2, 0.25) is 0 Å². The van der Waals surface area contributed by atoms with Crippen molar-refractivity contribution in [1.29, 1.82) is 0 Å². The summed E-state index contributed by atoms with van der Waals surface area (Å²) in [5.41, 5.74) is 2.89. The van der Waals surface area contributed by atoms with Crippen LogP contribution in [0.2, 0.25) is 0 Å². The van der Waals surface area contributed by atoms with Crippen molar-refractivity contribution in [2.24, 2.45) is 0 Å². The Morgan fingerprint density at radius 1 is 1.22 bits per heavy atom. The van der Waals surface area contributed by atoms with Crippen molar-refractivity contribution in [1.82, 2.24) is 0 Å². The Kier molecular flexibility index (Phi) is 3.84. The van der Waals surface area contributed by atoms with E-state index in [1.165, 1.54) is 4.90 Å². The second-order valence-corrected chi connectivity index (χ2v) is 7.18. The number of phenols is 1. The Morgan fingerprint density at radius 3 is 2.52 bits per heavy atom. The number of rotatable bonds is 0. The first-order chi connectivity index (χ1) is 10.8. The number of allylic oxidation sites excluding steroid dienone is 2. The van der Waals surface area contributed by atoms with Crippen LogP contribution in [0.15, 0.2) is 18.2 Å². The van der Waals surface area contributed by atoms with E-state index >= 15 is 0 Å². The van der Waals surface area contributed by atoms with Crippen LogP contribution in [0.25, 0.3) is 0 Å². The van der Waals surface area contributed by atoms with Crippen LogP contribution in [-0.4, -0.2) is 34.6 Å². The van der Waals surface area contributed by atoms with Crippen LogP contribution in [0, 0.1) is 0 Å². The summed E-state index contributed by atoms with van der Waals surface area (Å²) in [6.07, 6.45) is 4.83. The molecule has 0 spiro atoms. The average Bonchev–Trinajstić information content (AvgIpc) is 2.46. The van der Waals surface area contributed by atoms with Gasteiger partial charge in [-0.1, -0.05) is 12.2 Å². The molecule has 23 heavy (non-hydrogen) atoms. The number of aliphatic hydroxyl groups is 1. The van der Waals surface area contributed by atoms with Crippen molar-refractivity contribution in [2.75, 3.05) is 11.4 Å². The molecule has 1 aliphatic heterocycles. The number of phenolic OH excluding ortho intramolecular Hbond substituents is 1. The fraction of sp³-hybridized carbons (Fsp3) is 0.500. The molecule has 0 fully saturated rings. The minimum Gasteiger partial charge on any atom is -0.508 e. The zero-order valence-corrected chi connectivity index (χ0v) is 13.8. The van der Waals surface area contributed by atoms with Gasteiger partial charge in [-0.15, -0.1) is 0 Å². The molecular weight excluding hydrogens is 294 g/mol. The second kappa shape index (κ2) is 5.57. The molecule has 1 aromatic carbocycles. The molecule has 1 unspecified atom stereocenters. The molecule has 1 aliphatic carbocycles. The number of β-amino-alcohol motifs (C(OH)–C–C–N with tert-alkyl or cyclic N) is 1. The minimum absolute atomic E-state index is 0.177. The van der Waals surface area contributed by atoms with Gasteiger partial charge in [-0.3, -0.25) is 4.90 Å². The van der Waals surface area contributed by atoms with Gasteiger partial charge in [0.15, 0.2) is 0 Å². The Hall–Kier alpha value is -2.01. The highest BCUT2D eigenvalue weighted by Crippen LogP contribution is 2.39. The topological polar surface area (TPSA) is 70.0 Å². The van der Waals surface area contributed by atoms with Crippen molar-refractivity contribution >= 4 is 11.8 Å². The number of aliphatic hydroxyl groups excluding tert-OH is 1. The van der Waals surface area contributed by atoms with Crippen LogP contribution < -0.4 is 4.90 Å². The molecule has 1 amide bonds. The molecule has 0 saturated heterocycles. The number of hydrogen-bond donors (Lipinski definition) is 2. The summed E-state index contributed by atoms with van der Waals surface area (Å²) >= 11 is 0. The van der Waals surface area contributed by atoms with E-state index in [1.807, 2.05) is 6.08 Å². The van der Waals surface area contributed by atoms with E-state index in [4.69, 9.17) is 4.74 Å². The highest BCUT2D eigenvalue weighted by molar-refractivity contribution is 5.90. The number of carbonyl (C=O) groups excluding carboxylic acids is 1. The Morgan fingerprint density at radius 2 is 1.87 bits per heavy atom. The van der Waals surface area contributed by atoms with Gasteiger partial charge in [-0.05, 0) is 44.7 Å². The molecule has 0 aromatic heterocycles. The monoisotopic (exact) mass is 317 g/mol. The quantitative estimate of drug-likeness (QED) is 0.722.